The molecule has 2 aromatic heterocycles. The first-order valence-electron chi connectivity index (χ1n) is 4.76. The van der Waals surface area contributed by atoms with Crippen molar-refractivity contribution < 1.29 is 0 Å². The normalized spacial score (nSPS) is 10.5. The minimum atomic E-state index is 0.675. The number of hydrogen-bond donors (Lipinski definition) is 1. The molecule has 0 aromatic carbocycles. The largest absolute Gasteiger partial charge is 0.313 e. The Labute approximate surface area is 88.2 Å². The fourth-order valence-electron chi connectivity index (χ4n) is 1.42. The van der Waals surface area contributed by atoms with E-state index in [-0.39, 0.29) is 0 Å². The van der Waals surface area contributed by atoms with Gasteiger partial charge in [0.2, 0.25) is 0 Å². The van der Waals surface area contributed by atoms with Crippen molar-refractivity contribution in [3.05, 3.63) is 30.4 Å². The standard InChI is InChI=1S/C10H13N5/c1-11-7-9-13-10(15(2)14-9)8-4-3-5-12-6-8/h3-6,11H,7H2,1-2H3. The lowest BCUT2D eigenvalue weighted by Gasteiger charge is -1.97. The first kappa shape index (κ1) is 9.79. The summed E-state index contributed by atoms with van der Waals surface area (Å²) >= 11 is 0. The summed E-state index contributed by atoms with van der Waals surface area (Å²) < 4.78 is 1.77. The molecule has 0 saturated carbocycles. The number of hydrogen-bond acceptors (Lipinski definition) is 4. The fraction of sp³-hybridized carbons (Fsp3) is 0.300. The molecule has 15 heavy (non-hydrogen) atoms. The Morgan fingerprint density at radius 2 is 2.33 bits per heavy atom. The van der Waals surface area contributed by atoms with Gasteiger partial charge in [0, 0.05) is 25.0 Å². The number of pyridine rings is 1. The fourth-order valence-corrected chi connectivity index (χ4v) is 1.42. The van der Waals surface area contributed by atoms with Crippen LogP contribution in [0.5, 0.6) is 0 Å². The Bertz CT molecular complexity index is 434. The number of nitrogens with one attached hydrogen (secondary N) is 1. The van der Waals surface area contributed by atoms with E-state index in [1.807, 2.05) is 26.2 Å². The summed E-state index contributed by atoms with van der Waals surface area (Å²) in [7, 11) is 3.76. The molecule has 0 aliphatic carbocycles. The van der Waals surface area contributed by atoms with Gasteiger partial charge >= 0.3 is 0 Å². The second-order valence-corrected chi connectivity index (χ2v) is 3.25. The SMILES string of the molecule is CNCc1nc(-c2cccnc2)n(C)n1. The lowest BCUT2D eigenvalue weighted by atomic mass is 10.3. The number of aryl methyl sites for hydroxylation is 1. The smallest absolute Gasteiger partial charge is 0.165 e. The Balaban J connectivity index is 2.36. The van der Waals surface area contributed by atoms with Crippen LogP contribution < -0.4 is 5.32 Å². The van der Waals surface area contributed by atoms with Gasteiger partial charge in [-0.05, 0) is 19.2 Å². The molecule has 0 aliphatic heterocycles. The van der Waals surface area contributed by atoms with Crippen molar-refractivity contribution in [3.8, 4) is 11.4 Å². The predicted octanol–water partition coefficient (Wildman–Crippen LogP) is 0.596. The molecular formula is C10H13N5. The third-order valence-electron chi connectivity index (χ3n) is 2.06. The van der Waals surface area contributed by atoms with Crippen LogP contribution in [0.1, 0.15) is 5.82 Å². The van der Waals surface area contributed by atoms with Gasteiger partial charge in [-0.2, -0.15) is 5.10 Å². The molecule has 0 saturated heterocycles. The average Bonchev–Trinajstić information content (AvgIpc) is 2.61. The maximum absolute atomic E-state index is 4.42. The van der Waals surface area contributed by atoms with E-state index in [1.165, 1.54) is 0 Å². The van der Waals surface area contributed by atoms with Crippen molar-refractivity contribution >= 4 is 0 Å². The van der Waals surface area contributed by atoms with Gasteiger partial charge in [-0.1, -0.05) is 0 Å². The van der Waals surface area contributed by atoms with Gasteiger partial charge in [0.1, 0.15) is 0 Å². The van der Waals surface area contributed by atoms with E-state index in [4.69, 9.17) is 0 Å². The van der Waals surface area contributed by atoms with Gasteiger partial charge in [0.25, 0.3) is 0 Å². The molecule has 1 N–H and O–H groups in total. The zero-order valence-corrected chi connectivity index (χ0v) is 8.81. The summed E-state index contributed by atoms with van der Waals surface area (Å²) in [5.41, 5.74) is 0.981. The molecule has 78 valence electrons. The molecule has 0 aliphatic rings. The van der Waals surface area contributed by atoms with Crippen molar-refractivity contribution in [2.45, 2.75) is 6.54 Å². The number of rotatable bonds is 3. The van der Waals surface area contributed by atoms with E-state index in [1.54, 1.807) is 17.1 Å². The van der Waals surface area contributed by atoms with Crippen LogP contribution in [0.2, 0.25) is 0 Å². The molecule has 0 amide bonds. The van der Waals surface area contributed by atoms with Crippen LogP contribution in [0, 0.1) is 0 Å². The second kappa shape index (κ2) is 4.18. The molecule has 0 fully saturated rings. The maximum Gasteiger partial charge on any atom is 0.165 e. The van der Waals surface area contributed by atoms with Crippen LogP contribution in [-0.4, -0.2) is 26.8 Å². The lowest BCUT2D eigenvalue weighted by Crippen LogP contribution is -2.06. The number of aromatic nitrogens is 4. The summed E-state index contributed by atoms with van der Waals surface area (Å²) in [4.78, 5) is 8.48. The van der Waals surface area contributed by atoms with Crippen molar-refractivity contribution in [2.75, 3.05) is 7.05 Å². The van der Waals surface area contributed by atoms with E-state index in [0.717, 1.165) is 17.2 Å². The Kier molecular flexibility index (Phi) is 2.73. The van der Waals surface area contributed by atoms with Gasteiger partial charge in [-0.3, -0.25) is 4.98 Å². The molecule has 0 spiro atoms. The molecule has 0 radical (unpaired) electrons. The summed E-state index contributed by atoms with van der Waals surface area (Å²) in [5.74, 6) is 1.63. The highest BCUT2D eigenvalue weighted by Gasteiger charge is 2.08. The molecule has 0 unspecified atom stereocenters. The van der Waals surface area contributed by atoms with Crippen LogP contribution in [0.4, 0.5) is 0 Å². The molecular weight excluding hydrogens is 190 g/mol. The zero-order chi connectivity index (χ0) is 10.7. The van der Waals surface area contributed by atoms with Gasteiger partial charge in [-0.15, -0.1) is 0 Å². The zero-order valence-electron chi connectivity index (χ0n) is 8.81. The maximum atomic E-state index is 4.42. The topological polar surface area (TPSA) is 55.6 Å². The van der Waals surface area contributed by atoms with Gasteiger partial charge < -0.3 is 5.32 Å². The molecule has 2 aromatic rings. The highest BCUT2D eigenvalue weighted by molar-refractivity contribution is 5.53. The first-order chi connectivity index (χ1) is 7.31. The van der Waals surface area contributed by atoms with Crippen LogP contribution in [0.15, 0.2) is 24.5 Å². The van der Waals surface area contributed by atoms with Crippen molar-refractivity contribution in [1.82, 2.24) is 25.1 Å². The minimum Gasteiger partial charge on any atom is -0.313 e. The number of nitrogens with zero attached hydrogens (tertiary/aromatic N) is 4. The monoisotopic (exact) mass is 203 g/mol. The second-order valence-electron chi connectivity index (χ2n) is 3.25. The minimum absolute atomic E-state index is 0.675. The van der Waals surface area contributed by atoms with E-state index >= 15 is 0 Å². The highest BCUT2D eigenvalue weighted by Crippen LogP contribution is 2.14. The molecule has 0 atom stereocenters. The summed E-state index contributed by atoms with van der Waals surface area (Å²) in [5, 5.41) is 7.31. The van der Waals surface area contributed by atoms with Crippen LogP contribution in [0.3, 0.4) is 0 Å². The van der Waals surface area contributed by atoms with Gasteiger partial charge in [0.05, 0.1) is 6.54 Å². The van der Waals surface area contributed by atoms with Crippen molar-refractivity contribution in [2.24, 2.45) is 7.05 Å². The van der Waals surface area contributed by atoms with Gasteiger partial charge in [-0.25, -0.2) is 9.67 Å². The summed E-state index contributed by atoms with van der Waals surface area (Å²) in [6.45, 7) is 0.675. The van der Waals surface area contributed by atoms with Crippen LogP contribution in [0.25, 0.3) is 11.4 Å². The Morgan fingerprint density at radius 3 is 3.00 bits per heavy atom. The third-order valence-corrected chi connectivity index (χ3v) is 2.06. The molecule has 0 bridgehead atoms. The van der Waals surface area contributed by atoms with E-state index in [0.29, 0.717) is 6.54 Å². The summed E-state index contributed by atoms with van der Waals surface area (Å²) in [6, 6.07) is 3.86. The third kappa shape index (κ3) is 2.02. The van der Waals surface area contributed by atoms with E-state index in [2.05, 4.69) is 20.4 Å². The molecule has 2 heterocycles. The van der Waals surface area contributed by atoms with Crippen molar-refractivity contribution in [3.63, 3.8) is 0 Å². The quantitative estimate of drug-likeness (QED) is 0.793. The Hall–Kier alpha value is -1.75. The summed E-state index contributed by atoms with van der Waals surface area (Å²) in [6.07, 6.45) is 3.53. The molecule has 2 rings (SSSR count). The van der Waals surface area contributed by atoms with E-state index < -0.39 is 0 Å². The lowest BCUT2D eigenvalue weighted by molar-refractivity contribution is 0.711. The predicted molar refractivity (Wildman–Crippen MR) is 57.0 cm³/mol. The first-order valence-corrected chi connectivity index (χ1v) is 4.76. The highest BCUT2D eigenvalue weighted by atomic mass is 15.3. The van der Waals surface area contributed by atoms with Gasteiger partial charge in [0.15, 0.2) is 11.6 Å². The van der Waals surface area contributed by atoms with E-state index in [9.17, 15) is 0 Å². The Morgan fingerprint density at radius 1 is 1.47 bits per heavy atom. The van der Waals surface area contributed by atoms with Crippen molar-refractivity contribution in [1.29, 1.82) is 0 Å². The molecule has 5 nitrogen and oxygen atoms in total. The van der Waals surface area contributed by atoms with Crippen LogP contribution in [-0.2, 0) is 13.6 Å². The average molecular weight is 203 g/mol. The molecule has 5 heteroatoms. The van der Waals surface area contributed by atoms with Crippen LogP contribution >= 0.6 is 0 Å².